The highest BCUT2D eigenvalue weighted by molar-refractivity contribution is 7.19. The molecule has 0 spiro atoms. The van der Waals surface area contributed by atoms with Gasteiger partial charge in [0.2, 0.25) is 5.91 Å². The quantitative estimate of drug-likeness (QED) is 0.610. The number of benzene rings is 1. The molecule has 4 rings (SSSR count). The van der Waals surface area contributed by atoms with Crippen molar-refractivity contribution in [3.8, 4) is 0 Å². The molecular weight excluding hydrogens is 394 g/mol. The van der Waals surface area contributed by atoms with Crippen LogP contribution in [-0.2, 0) is 24.2 Å². The highest BCUT2D eigenvalue weighted by Gasteiger charge is 2.25. The van der Waals surface area contributed by atoms with Crippen LogP contribution in [0.1, 0.15) is 22.9 Å². The number of rotatable bonds is 6. The van der Waals surface area contributed by atoms with E-state index in [1.165, 1.54) is 16.0 Å². The van der Waals surface area contributed by atoms with Gasteiger partial charge in [0.15, 0.2) is 0 Å². The monoisotopic (exact) mass is 421 g/mol. The van der Waals surface area contributed by atoms with E-state index in [1.54, 1.807) is 23.7 Å². The second kappa shape index (κ2) is 8.93. The number of hydrogen-bond acceptors (Lipinski definition) is 6. The molecule has 3 aromatic rings. The molecule has 0 radical (unpaired) electrons. The van der Waals surface area contributed by atoms with Gasteiger partial charge in [-0.1, -0.05) is 25.1 Å². The third-order valence-corrected chi connectivity index (χ3v) is 6.40. The summed E-state index contributed by atoms with van der Waals surface area (Å²) in [5, 5.41) is 4.58. The van der Waals surface area contributed by atoms with Crippen LogP contribution in [0, 0.1) is 0 Å². The lowest BCUT2D eigenvalue weighted by Gasteiger charge is -2.26. The van der Waals surface area contributed by atoms with Gasteiger partial charge in [0.25, 0.3) is 0 Å². The molecule has 1 N–H and O–H groups in total. The normalized spacial score (nSPS) is 13.9. The Bertz CT molecular complexity index is 1090. The first-order valence-electron chi connectivity index (χ1n) is 10.3. The molecule has 30 heavy (non-hydrogen) atoms. The van der Waals surface area contributed by atoms with E-state index in [0.29, 0.717) is 13.1 Å². The Morgan fingerprint density at radius 1 is 1.33 bits per heavy atom. The van der Waals surface area contributed by atoms with Crippen molar-refractivity contribution in [2.24, 2.45) is 0 Å². The Morgan fingerprint density at radius 3 is 3.00 bits per heavy atom. The van der Waals surface area contributed by atoms with Crippen molar-refractivity contribution in [1.29, 1.82) is 0 Å². The standard InChI is InChI=1S/C23H27N5OS/c1-4-16-7-5-8-17(13-16)26-22-21-18-10-12-28(20(29)9-6-11-27(2)3)14-19(18)30-23(21)25-15-24-22/h5-9,13,15H,4,10-12,14H2,1-3H3,(H,24,25,26). The van der Waals surface area contributed by atoms with Gasteiger partial charge in [0, 0.05) is 29.7 Å². The minimum Gasteiger partial charge on any atom is -0.340 e. The molecule has 0 saturated carbocycles. The summed E-state index contributed by atoms with van der Waals surface area (Å²) in [6.45, 7) is 4.26. The van der Waals surface area contributed by atoms with Gasteiger partial charge in [0.05, 0.1) is 11.9 Å². The van der Waals surface area contributed by atoms with Gasteiger partial charge in [-0.2, -0.15) is 0 Å². The molecule has 0 atom stereocenters. The number of fused-ring (bicyclic) bond motifs is 3. The highest BCUT2D eigenvalue weighted by Crippen LogP contribution is 2.38. The lowest BCUT2D eigenvalue weighted by Crippen LogP contribution is -2.34. The summed E-state index contributed by atoms with van der Waals surface area (Å²) in [5.41, 5.74) is 3.59. The maximum Gasteiger partial charge on any atom is 0.246 e. The van der Waals surface area contributed by atoms with Crippen LogP contribution >= 0.6 is 11.3 Å². The van der Waals surface area contributed by atoms with E-state index in [0.717, 1.165) is 41.1 Å². The van der Waals surface area contributed by atoms with Crippen LogP contribution < -0.4 is 5.32 Å². The Labute approximate surface area is 181 Å². The molecule has 0 fully saturated rings. The van der Waals surface area contributed by atoms with Gasteiger partial charge in [-0.25, -0.2) is 9.97 Å². The second-order valence-electron chi connectivity index (χ2n) is 7.76. The van der Waals surface area contributed by atoms with Crippen LogP contribution in [0.4, 0.5) is 11.5 Å². The zero-order valence-electron chi connectivity index (χ0n) is 17.7. The van der Waals surface area contributed by atoms with E-state index in [-0.39, 0.29) is 5.91 Å². The highest BCUT2D eigenvalue weighted by atomic mass is 32.1. The largest absolute Gasteiger partial charge is 0.340 e. The number of amides is 1. The zero-order valence-corrected chi connectivity index (χ0v) is 18.5. The Kier molecular flexibility index (Phi) is 6.11. The molecule has 156 valence electrons. The molecule has 7 heteroatoms. The number of aromatic nitrogens is 2. The van der Waals surface area contributed by atoms with E-state index >= 15 is 0 Å². The first-order chi connectivity index (χ1) is 14.5. The number of nitrogens with zero attached hydrogens (tertiary/aromatic N) is 4. The Balaban J connectivity index is 1.58. The number of thiophene rings is 1. The lowest BCUT2D eigenvalue weighted by molar-refractivity contribution is -0.126. The van der Waals surface area contributed by atoms with Gasteiger partial charge >= 0.3 is 0 Å². The zero-order chi connectivity index (χ0) is 21.1. The predicted molar refractivity (Wildman–Crippen MR) is 123 cm³/mol. The summed E-state index contributed by atoms with van der Waals surface area (Å²) in [7, 11) is 3.98. The number of aryl methyl sites for hydroxylation is 1. The third kappa shape index (κ3) is 4.37. The molecule has 1 aliphatic heterocycles. The first-order valence-corrected chi connectivity index (χ1v) is 11.1. The molecule has 0 aliphatic carbocycles. The lowest BCUT2D eigenvalue weighted by atomic mass is 10.0. The number of anilines is 2. The molecule has 2 aromatic heterocycles. The number of hydrogen-bond donors (Lipinski definition) is 1. The summed E-state index contributed by atoms with van der Waals surface area (Å²) >= 11 is 1.66. The van der Waals surface area contributed by atoms with Crippen LogP contribution in [0.2, 0.25) is 0 Å². The molecule has 3 heterocycles. The van der Waals surface area contributed by atoms with Crippen LogP contribution in [0.5, 0.6) is 0 Å². The number of nitrogens with one attached hydrogen (secondary N) is 1. The molecule has 0 bridgehead atoms. The summed E-state index contributed by atoms with van der Waals surface area (Å²) in [6.07, 6.45) is 7.03. The molecule has 0 unspecified atom stereocenters. The Hall–Kier alpha value is -2.77. The number of likely N-dealkylation sites (N-methyl/N-ethyl adjacent to an activating group) is 1. The minimum atomic E-state index is 0.0702. The van der Waals surface area contributed by atoms with Crippen molar-refractivity contribution >= 4 is 39.0 Å². The third-order valence-electron chi connectivity index (χ3n) is 5.28. The SMILES string of the molecule is CCc1cccc(Nc2ncnc3sc4c(c23)CCN(C(=O)C=CCN(C)C)C4)c1. The number of carbonyl (C=O) groups is 1. The van der Waals surface area contributed by atoms with Gasteiger partial charge in [0.1, 0.15) is 17.0 Å². The van der Waals surface area contributed by atoms with Crippen LogP contribution in [0.25, 0.3) is 10.2 Å². The van der Waals surface area contributed by atoms with E-state index in [4.69, 9.17) is 0 Å². The summed E-state index contributed by atoms with van der Waals surface area (Å²) in [5.74, 6) is 0.914. The van der Waals surface area contributed by atoms with E-state index in [9.17, 15) is 4.79 Å². The molecule has 0 saturated heterocycles. The smallest absolute Gasteiger partial charge is 0.246 e. The van der Waals surface area contributed by atoms with Gasteiger partial charge in [-0.3, -0.25) is 4.79 Å². The van der Waals surface area contributed by atoms with Crippen molar-refractivity contribution in [3.63, 3.8) is 0 Å². The minimum absolute atomic E-state index is 0.0702. The van der Waals surface area contributed by atoms with E-state index < -0.39 is 0 Å². The van der Waals surface area contributed by atoms with Crippen molar-refractivity contribution in [2.75, 3.05) is 32.5 Å². The van der Waals surface area contributed by atoms with Crippen LogP contribution in [0.15, 0.2) is 42.7 Å². The van der Waals surface area contributed by atoms with Gasteiger partial charge in [-0.05, 0) is 50.2 Å². The first kappa shape index (κ1) is 20.5. The Morgan fingerprint density at radius 2 is 2.20 bits per heavy atom. The molecular formula is C23H27N5OS. The summed E-state index contributed by atoms with van der Waals surface area (Å²) in [4.78, 5) is 27.7. The maximum atomic E-state index is 12.6. The maximum absolute atomic E-state index is 12.6. The average Bonchev–Trinajstić information content (AvgIpc) is 3.12. The van der Waals surface area contributed by atoms with E-state index in [2.05, 4.69) is 46.5 Å². The van der Waals surface area contributed by atoms with Gasteiger partial charge in [-0.15, -0.1) is 11.3 Å². The summed E-state index contributed by atoms with van der Waals surface area (Å²) in [6, 6.07) is 8.42. The number of carbonyl (C=O) groups excluding carboxylic acids is 1. The molecule has 6 nitrogen and oxygen atoms in total. The van der Waals surface area contributed by atoms with Crippen molar-refractivity contribution in [1.82, 2.24) is 19.8 Å². The van der Waals surface area contributed by atoms with E-state index in [1.807, 2.05) is 30.0 Å². The van der Waals surface area contributed by atoms with Crippen molar-refractivity contribution < 1.29 is 4.79 Å². The van der Waals surface area contributed by atoms with Crippen LogP contribution in [-0.4, -0.2) is 52.9 Å². The topological polar surface area (TPSA) is 61.4 Å². The van der Waals surface area contributed by atoms with Crippen LogP contribution in [0.3, 0.4) is 0 Å². The molecule has 1 aliphatic rings. The molecule has 1 amide bonds. The van der Waals surface area contributed by atoms with Crippen molar-refractivity contribution in [3.05, 3.63) is 58.7 Å². The van der Waals surface area contributed by atoms with Crippen molar-refractivity contribution in [2.45, 2.75) is 26.3 Å². The fourth-order valence-corrected chi connectivity index (χ4v) is 4.89. The fraction of sp³-hybridized carbons (Fsp3) is 0.348. The predicted octanol–water partition coefficient (Wildman–Crippen LogP) is 4.00. The fourth-order valence-electron chi connectivity index (χ4n) is 3.69. The second-order valence-corrected chi connectivity index (χ2v) is 8.84. The summed E-state index contributed by atoms with van der Waals surface area (Å²) < 4.78 is 0. The van der Waals surface area contributed by atoms with Gasteiger partial charge < -0.3 is 15.1 Å². The molecule has 1 aromatic carbocycles. The average molecular weight is 422 g/mol.